The summed E-state index contributed by atoms with van der Waals surface area (Å²) in [7, 11) is -2.04. The van der Waals surface area contributed by atoms with Gasteiger partial charge < -0.3 is 30.3 Å². The Bertz CT molecular complexity index is 322. The Morgan fingerprint density at radius 3 is 1.43 bits per heavy atom. The molecule has 0 aliphatic carbocycles. The summed E-state index contributed by atoms with van der Waals surface area (Å²) in [5, 5.41) is 0. The van der Waals surface area contributed by atoms with E-state index in [1.807, 2.05) is 0 Å². The molecule has 0 aliphatic rings. The number of esters is 2. The van der Waals surface area contributed by atoms with Gasteiger partial charge in [0, 0.05) is 8.38 Å². The molecule has 0 fully saturated rings. The number of rotatable bonds is 7. The van der Waals surface area contributed by atoms with Crippen LogP contribution in [0.25, 0.3) is 0 Å². The third-order valence-corrected chi connectivity index (χ3v) is 2.92. The van der Waals surface area contributed by atoms with Crippen molar-refractivity contribution in [2.24, 2.45) is 10.8 Å². The predicted octanol–water partition coefficient (Wildman–Crippen LogP) is 3.96. The van der Waals surface area contributed by atoms with Gasteiger partial charge in [-0.25, -0.2) is 0 Å². The number of carbonyl (C=O) groups is 2. The number of halogens is 1. The van der Waals surface area contributed by atoms with E-state index < -0.39 is 44.7 Å². The van der Waals surface area contributed by atoms with Crippen molar-refractivity contribution in [3.63, 3.8) is 0 Å². The van der Waals surface area contributed by atoms with Gasteiger partial charge in [0.05, 0.1) is 10.8 Å². The van der Waals surface area contributed by atoms with Gasteiger partial charge in [0.15, 0.2) is 13.6 Å². The van der Waals surface area contributed by atoms with Crippen LogP contribution in [-0.2, 0) is 49.2 Å². The van der Waals surface area contributed by atoms with E-state index in [1.54, 1.807) is 41.5 Å². The Morgan fingerprint density at radius 1 is 0.913 bits per heavy atom. The van der Waals surface area contributed by atoms with Crippen molar-refractivity contribution >= 4 is 20.3 Å². The smallest absolute Gasteiger partial charge is 0.450 e. The molecule has 0 rings (SSSR count). The summed E-state index contributed by atoms with van der Waals surface area (Å²) in [6, 6.07) is 0. The van der Waals surface area contributed by atoms with Crippen molar-refractivity contribution in [1.82, 2.24) is 0 Å². The molecule has 0 aromatic rings. The summed E-state index contributed by atoms with van der Waals surface area (Å²) >= 11 is 0. The average Bonchev–Trinajstić information content (AvgIpc) is 2.34. The molecule has 0 unspecified atom stereocenters. The third kappa shape index (κ3) is 12.9. The van der Waals surface area contributed by atoms with Crippen molar-refractivity contribution in [2.45, 2.75) is 41.5 Å². The van der Waals surface area contributed by atoms with E-state index in [-0.39, 0.29) is 34.9 Å². The molecular weight excluding hydrogens is 498 g/mol. The predicted molar refractivity (Wildman–Crippen MR) is 81.7 cm³/mol. The topological polar surface area (TPSA) is 71.1 Å². The maximum absolute atomic E-state index is 12.5. The van der Waals surface area contributed by atoms with E-state index in [0.717, 1.165) is 0 Å². The van der Waals surface area contributed by atoms with E-state index >= 15 is 0 Å². The molecule has 136 valence electrons. The number of ether oxygens (including phenoxy) is 2. The van der Waals surface area contributed by atoms with Gasteiger partial charge in [-0.3, -0.25) is 9.59 Å². The fourth-order valence-corrected chi connectivity index (χ4v) is 1.29. The SMILES string of the molecule is CC(C)(C)C(=O)OCOP([CH-]F)OCOC(=O)C(C)(C)C.[CH3-].[W+2]. The van der Waals surface area contributed by atoms with Crippen molar-refractivity contribution in [2.75, 3.05) is 13.6 Å². The van der Waals surface area contributed by atoms with E-state index in [0.29, 0.717) is 0 Å². The number of carbonyl (C=O) groups excluding carboxylic acids is 2. The Labute approximate surface area is 153 Å². The zero-order valence-electron chi connectivity index (χ0n) is 14.7. The fraction of sp³-hybridized carbons (Fsp3) is 0.714. The van der Waals surface area contributed by atoms with Crippen molar-refractivity contribution < 1.29 is 53.6 Å². The fourth-order valence-electron chi connectivity index (χ4n) is 0.790. The maximum Gasteiger partial charge on any atom is 2.00 e. The summed E-state index contributed by atoms with van der Waals surface area (Å²) in [5.41, 5.74) is -1.34. The van der Waals surface area contributed by atoms with Crippen LogP contribution < -0.4 is 0 Å². The molecule has 23 heavy (non-hydrogen) atoms. The molecule has 0 heterocycles. The Kier molecular flexibility index (Phi) is 14.8. The first-order valence-electron chi connectivity index (χ1n) is 6.31. The van der Waals surface area contributed by atoms with Gasteiger partial charge in [-0.15, -0.1) is 0 Å². The summed E-state index contributed by atoms with van der Waals surface area (Å²) in [5.74, 6) is -0.953. The van der Waals surface area contributed by atoms with Gasteiger partial charge in [0.2, 0.25) is 0 Å². The zero-order valence-corrected chi connectivity index (χ0v) is 18.5. The quantitative estimate of drug-likeness (QED) is 0.218. The van der Waals surface area contributed by atoms with Crippen LogP contribution >= 0.6 is 8.38 Å². The van der Waals surface area contributed by atoms with Crippen molar-refractivity contribution in [1.29, 1.82) is 0 Å². The van der Waals surface area contributed by atoms with E-state index in [9.17, 15) is 14.0 Å². The maximum atomic E-state index is 12.5. The van der Waals surface area contributed by atoms with Crippen molar-refractivity contribution in [3.05, 3.63) is 13.8 Å². The summed E-state index contributed by atoms with van der Waals surface area (Å²) < 4.78 is 32.0. The molecule has 0 atom stereocenters. The molecule has 9 heteroatoms. The number of hydrogen-bond acceptors (Lipinski definition) is 6. The molecule has 0 radical (unpaired) electrons. The van der Waals surface area contributed by atoms with Crippen LogP contribution in [0.4, 0.5) is 4.39 Å². The zero-order chi connectivity index (χ0) is 16.7. The molecule has 0 bridgehead atoms. The van der Waals surface area contributed by atoms with Crippen molar-refractivity contribution in [3.8, 4) is 0 Å². The first-order valence-corrected chi connectivity index (χ1v) is 7.56. The average molecular weight is 524 g/mol. The van der Waals surface area contributed by atoms with Gasteiger partial charge in [0.1, 0.15) is 0 Å². The van der Waals surface area contributed by atoms with Gasteiger partial charge in [-0.2, -0.15) is 0 Å². The summed E-state index contributed by atoms with van der Waals surface area (Å²) in [6.07, 6.45) is 0.186. The minimum atomic E-state index is -2.04. The van der Waals surface area contributed by atoms with Gasteiger partial charge in [-0.05, 0) is 41.5 Å². The second-order valence-electron chi connectivity index (χ2n) is 6.24. The number of hydrogen-bond donors (Lipinski definition) is 0. The molecule has 0 N–H and O–H groups in total. The second kappa shape index (κ2) is 12.3. The van der Waals surface area contributed by atoms with Crippen LogP contribution in [0.1, 0.15) is 41.5 Å². The largest absolute Gasteiger partial charge is 2.00 e. The molecule has 0 aromatic heterocycles. The van der Waals surface area contributed by atoms with Crippen LogP contribution in [0.3, 0.4) is 0 Å². The van der Waals surface area contributed by atoms with Crippen LogP contribution in [0.2, 0.25) is 0 Å². The van der Waals surface area contributed by atoms with Gasteiger partial charge >= 0.3 is 33.0 Å². The first kappa shape index (κ1) is 27.7. The standard InChI is InChI=1S/C13H23FO6P.CH3.W/c1-12(2,3)10(15)17-8-19-21(7-14)20-9-18-11(16)13(4,5)6;;/h7H,8-9H2,1-6H3;1H3;/q2*-1;+2. The molecule has 0 aliphatic heterocycles. The molecule has 0 saturated heterocycles. The monoisotopic (exact) mass is 524 g/mol. The molecular formula is C14H26FO6PW. The Hall–Kier alpha value is -0.0917. The second-order valence-corrected chi connectivity index (χ2v) is 7.52. The molecule has 0 amide bonds. The molecule has 0 aromatic carbocycles. The van der Waals surface area contributed by atoms with E-state index in [4.69, 9.17) is 18.5 Å². The Balaban J connectivity index is -0.00000200. The summed E-state index contributed by atoms with van der Waals surface area (Å²) in [6.45, 7) is 9.22. The molecule has 0 saturated carbocycles. The normalized spacial score (nSPS) is 11.3. The van der Waals surface area contributed by atoms with Crippen LogP contribution in [0.5, 0.6) is 0 Å². The van der Waals surface area contributed by atoms with Crippen LogP contribution in [0, 0.1) is 24.7 Å². The Morgan fingerprint density at radius 2 is 1.22 bits per heavy atom. The molecule has 6 nitrogen and oxygen atoms in total. The minimum absolute atomic E-state index is 0. The minimum Gasteiger partial charge on any atom is -0.450 e. The van der Waals surface area contributed by atoms with Gasteiger partial charge in [-0.1, -0.05) is 6.42 Å². The van der Waals surface area contributed by atoms with Crippen LogP contribution in [0.15, 0.2) is 0 Å². The summed E-state index contributed by atoms with van der Waals surface area (Å²) in [4.78, 5) is 22.9. The van der Waals surface area contributed by atoms with Crippen LogP contribution in [-0.4, -0.2) is 25.5 Å². The first-order chi connectivity index (χ1) is 9.48. The van der Waals surface area contributed by atoms with Gasteiger partial charge in [0.25, 0.3) is 0 Å². The molecule has 0 spiro atoms. The van der Waals surface area contributed by atoms with E-state index in [1.165, 1.54) is 0 Å². The third-order valence-electron chi connectivity index (χ3n) is 2.04. The van der Waals surface area contributed by atoms with E-state index in [2.05, 4.69) is 0 Å².